The van der Waals surface area contributed by atoms with Gasteiger partial charge in [0.05, 0.1) is 25.2 Å². The summed E-state index contributed by atoms with van der Waals surface area (Å²) >= 11 is 0. The summed E-state index contributed by atoms with van der Waals surface area (Å²) in [5, 5.41) is 3.24. The molecule has 1 aromatic heterocycles. The first-order chi connectivity index (χ1) is 11.1. The molecular weight excluding hydrogens is 292 g/mol. The number of piperidine rings is 1. The fraction of sp³-hybridized carbons (Fsp3) is 0.722. The number of amides is 1. The number of nitrogens with zero attached hydrogens (tertiary/aromatic N) is 1. The molecule has 3 rings (SSSR count). The van der Waals surface area contributed by atoms with Crippen molar-refractivity contribution in [3.63, 3.8) is 0 Å². The number of rotatable bonds is 4. The topological polar surface area (TPSA) is 54.7 Å². The Labute approximate surface area is 138 Å². The van der Waals surface area contributed by atoms with E-state index < -0.39 is 0 Å². The van der Waals surface area contributed by atoms with E-state index in [1.54, 1.807) is 6.26 Å². The molecule has 5 nitrogen and oxygen atoms in total. The molecule has 128 valence electrons. The number of hydrogen-bond acceptors (Lipinski definition) is 4. The van der Waals surface area contributed by atoms with Gasteiger partial charge in [-0.25, -0.2) is 0 Å². The summed E-state index contributed by atoms with van der Waals surface area (Å²) in [6.45, 7) is 8.44. The fourth-order valence-corrected chi connectivity index (χ4v) is 3.76. The third-order valence-electron chi connectivity index (χ3n) is 5.45. The van der Waals surface area contributed by atoms with Gasteiger partial charge >= 0.3 is 0 Å². The molecule has 2 fully saturated rings. The first-order valence-electron chi connectivity index (χ1n) is 8.71. The molecule has 3 heterocycles. The van der Waals surface area contributed by atoms with Crippen molar-refractivity contribution >= 4 is 5.91 Å². The van der Waals surface area contributed by atoms with Gasteiger partial charge in [-0.15, -0.1) is 0 Å². The van der Waals surface area contributed by atoms with Crippen molar-refractivity contribution in [1.82, 2.24) is 10.2 Å². The van der Waals surface area contributed by atoms with E-state index in [2.05, 4.69) is 10.2 Å². The first kappa shape index (κ1) is 16.5. The maximum absolute atomic E-state index is 12.1. The van der Waals surface area contributed by atoms with E-state index in [9.17, 15) is 4.79 Å². The van der Waals surface area contributed by atoms with Crippen LogP contribution in [0.3, 0.4) is 0 Å². The second-order valence-corrected chi connectivity index (χ2v) is 7.31. The Morgan fingerprint density at radius 2 is 2.17 bits per heavy atom. The third-order valence-corrected chi connectivity index (χ3v) is 5.45. The van der Waals surface area contributed by atoms with Crippen molar-refractivity contribution in [2.45, 2.75) is 45.7 Å². The number of ether oxygens (including phenoxy) is 1. The molecule has 0 aliphatic carbocycles. The highest BCUT2D eigenvalue weighted by Crippen LogP contribution is 2.41. The highest BCUT2D eigenvalue weighted by molar-refractivity contribution is 5.78. The van der Waals surface area contributed by atoms with E-state index in [1.165, 1.54) is 5.56 Å². The predicted molar refractivity (Wildman–Crippen MR) is 87.9 cm³/mol. The minimum Gasteiger partial charge on any atom is -0.472 e. The smallest absolute Gasteiger partial charge is 0.222 e. The molecule has 23 heavy (non-hydrogen) atoms. The van der Waals surface area contributed by atoms with Gasteiger partial charge in [-0.3, -0.25) is 9.69 Å². The number of likely N-dealkylation sites (tertiary alicyclic amines) is 1. The van der Waals surface area contributed by atoms with Crippen LogP contribution in [0.4, 0.5) is 0 Å². The Bertz CT molecular complexity index is 504. The van der Waals surface area contributed by atoms with Gasteiger partial charge < -0.3 is 14.5 Å². The Morgan fingerprint density at radius 3 is 2.83 bits per heavy atom. The standard InChI is InChI=1S/C18H28N2O3/c1-14(2)17(21)19-16-13-23-10-6-18(16)4-7-20(8-5-18)11-15-3-9-22-12-15/h3,9,12,14,16H,4-8,10-11,13H2,1-2H3,(H,19,21). The quantitative estimate of drug-likeness (QED) is 0.926. The van der Waals surface area contributed by atoms with Gasteiger partial charge in [-0.1, -0.05) is 13.8 Å². The molecule has 2 saturated heterocycles. The minimum absolute atomic E-state index is 0.0233. The maximum atomic E-state index is 12.1. The fourth-order valence-electron chi connectivity index (χ4n) is 3.76. The lowest BCUT2D eigenvalue weighted by atomic mass is 9.69. The number of carbonyl (C=O) groups is 1. The van der Waals surface area contributed by atoms with E-state index >= 15 is 0 Å². The summed E-state index contributed by atoms with van der Waals surface area (Å²) < 4.78 is 10.8. The molecular formula is C18H28N2O3. The zero-order valence-corrected chi connectivity index (χ0v) is 14.2. The van der Waals surface area contributed by atoms with Crippen LogP contribution >= 0.6 is 0 Å². The number of furan rings is 1. The first-order valence-corrected chi connectivity index (χ1v) is 8.71. The molecule has 1 amide bonds. The normalized spacial score (nSPS) is 24.9. The van der Waals surface area contributed by atoms with Gasteiger partial charge in [0.2, 0.25) is 5.91 Å². The van der Waals surface area contributed by atoms with Gasteiger partial charge in [-0.2, -0.15) is 0 Å². The van der Waals surface area contributed by atoms with Crippen molar-refractivity contribution in [1.29, 1.82) is 0 Å². The molecule has 5 heteroatoms. The molecule has 0 saturated carbocycles. The van der Waals surface area contributed by atoms with Crippen molar-refractivity contribution < 1.29 is 13.9 Å². The number of nitrogens with one attached hydrogen (secondary N) is 1. The minimum atomic E-state index is 0.0233. The second kappa shape index (κ2) is 7.05. The monoisotopic (exact) mass is 320 g/mol. The summed E-state index contributed by atoms with van der Waals surface area (Å²) in [7, 11) is 0. The molecule has 1 spiro atoms. The molecule has 1 atom stereocenters. The zero-order valence-electron chi connectivity index (χ0n) is 14.2. The largest absolute Gasteiger partial charge is 0.472 e. The predicted octanol–water partition coefficient (Wildman–Crippen LogP) is 2.42. The van der Waals surface area contributed by atoms with E-state index in [1.807, 2.05) is 26.2 Å². The lowest BCUT2D eigenvalue weighted by Gasteiger charge is -2.49. The highest BCUT2D eigenvalue weighted by Gasteiger charge is 2.44. The molecule has 2 aliphatic rings. The van der Waals surface area contributed by atoms with Crippen LogP contribution < -0.4 is 5.32 Å². The van der Waals surface area contributed by atoms with Crippen molar-refractivity contribution in [2.75, 3.05) is 26.3 Å². The lowest BCUT2D eigenvalue weighted by Crippen LogP contribution is -2.58. The SMILES string of the molecule is CC(C)C(=O)NC1COCCC12CCN(Cc1ccoc1)CC2. The maximum Gasteiger partial charge on any atom is 0.222 e. The highest BCUT2D eigenvalue weighted by atomic mass is 16.5. The molecule has 1 N–H and O–H groups in total. The molecule has 0 bridgehead atoms. The van der Waals surface area contributed by atoms with E-state index in [-0.39, 0.29) is 23.3 Å². The van der Waals surface area contributed by atoms with Gasteiger partial charge in [0.25, 0.3) is 0 Å². The Balaban J connectivity index is 1.60. The van der Waals surface area contributed by atoms with E-state index in [0.29, 0.717) is 6.61 Å². The van der Waals surface area contributed by atoms with E-state index in [0.717, 1.165) is 45.5 Å². The summed E-state index contributed by atoms with van der Waals surface area (Å²) in [5.41, 5.74) is 1.44. The Kier molecular flexibility index (Phi) is 5.07. The van der Waals surface area contributed by atoms with Crippen LogP contribution in [0.2, 0.25) is 0 Å². The Hall–Kier alpha value is -1.33. The average Bonchev–Trinajstić information content (AvgIpc) is 3.05. The molecule has 2 aliphatic heterocycles. The lowest BCUT2D eigenvalue weighted by molar-refractivity contribution is -0.129. The van der Waals surface area contributed by atoms with Crippen LogP contribution in [0.1, 0.15) is 38.7 Å². The van der Waals surface area contributed by atoms with Gasteiger partial charge in [0.1, 0.15) is 0 Å². The van der Waals surface area contributed by atoms with Crippen molar-refractivity contribution in [3.05, 3.63) is 24.2 Å². The zero-order chi connectivity index (χ0) is 16.3. The summed E-state index contributed by atoms with van der Waals surface area (Å²) in [6.07, 6.45) is 6.85. The van der Waals surface area contributed by atoms with Crippen LogP contribution in [0.25, 0.3) is 0 Å². The third kappa shape index (κ3) is 3.78. The van der Waals surface area contributed by atoms with E-state index in [4.69, 9.17) is 9.15 Å². The van der Waals surface area contributed by atoms with Crippen LogP contribution in [0.15, 0.2) is 23.0 Å². The van der Waals surface area contributed by atoms with Crippen LogP contribution in [0, 0.1) is 11.3 Å². The Morgan fingerprint density at radius 1 is 1.39 bits per heavy atom. The molecule has 1 unspecified atom stereocenters. The van der Waals surface area contributed by atoms with Gasteiger partial charge in [-0.05, 0) is 43.8 Å². The van der Waals surface area contributed by atoms with Crippen molar-refractivity contribution in [2.24, 2.45) is 11.3 Å². The molecule has 0 aromatic carbocycles. The van der Waals surface area contributed by atoms with Crippen LogP contribution in [-0.2, 0) is 16.1 Å². The summed E-state index contributed by atoms with van der Waals surface area (Å²) in [6, 6.07) is 2.19. The summed E-state index contributed by atoms with van der Waals surface area (Å²) in [4.78, 5) is 14.6. The summed E-state index contributed by atoms with van der Waals surface area (Å²) in [5.74, 6) is 0.163. The van der Waals surface area contributed by atoms with Crippen molar-refractivity contribution in [3.8, 4) is 0 Å². The van der Waals surface area contributed by atoms with Crippen LogP contribution in [-0.4, -0.2) is 43.2 Å². The second-order valence-electron chi connectivity index (χ2n) is 7.31. The van der Waals surface area contributed by atoms with Gasteiger partial charge in [0.15, 0.2) is 0 Å². The number of carbonyl (C=O) groups excluding carboxylic acids is 1. The number of hydrogen-bond donors (Lipinski definition) is 1. The molecule has 1 aromatic rings. The van der Waals surface area contributed by atoms with Gasteiger partial charge in [0, 0.05) is 24.6 Å². The van der Waals surface area contributed by atoms with Crippen LogP contribution in [0.5, 0.6) is 0 Å². The average molecular weight is 320 g/mol. The molecule has 0 radical (unpaired) electrons.